The van der Waals surface area contributed by atoms with Gasteiger partial charge in [0.1, 0.15) is 17.6 Å². The van der Waals surface area contributed by atoms with E-state index in [1.54, 1.807) is 24.1 Å². The summed E-state index contributed by atoms with van der Waals surface area (Å²) in [4.78, 5) is 18.9. The van der Waals surface area contributed by atoms with Crippen LogP contribution in [0.15, 0.2) is 53.1 Å². The lowest BCUT2D eigenvalue weighted by Gasteiger charge is -2.22. The molecule has 1 aliphatic rings. The number of nitrogens with one attached hydrogen (secondary N) is 1. The lowest BCUT2D eigenvalue weighted by atomic mass is 10.2. The van der Waals surface area contributed by atoms with Crippen LogP contribution in [-0.2, 0) is 6.54 Å². The van der Waals surface area contributed by atoms with Crippen LogP contribution in [0.5, 0.6) is 5.75 Å². The zero-order valence-corrected chi connectivity index (χ0v) is 16.0. The summed E-state index contributed by atoms with van der Waals surface area (Å²) in [6.07, 6.45) is 1.61. The van der Waals surface area contributed by atoms with Crippen molar-refractivity contribution in [2.24, 2.45) is 0 Å². The highest BCUT2D eigenvalue weighted by molar-refractivity contribution is 5.75. The van der Waals surface area contributed by atoms with Crippen LogP contribution in [-0.4, -0.2) is 34.7 Å². The van der Waals surface area contributed by atoms with Gasteiger partial charge in [-0.3, -0.25) is 0 Å². The fraction of sp³-hybridized carbons (Fsp3) is 0.286. The quantitative estimate of drug-likeness (QED) is 0.707. The molecule has 2 amide bonds. The normalized spacial score (nSPS) is 16.1. The van der Waals surface area contributed by atoms with Gasteiger partial charge in [-0.05, 0) is 42.7 Å². The second kappa shape index (κ2) is 8.30. The number of hydrogen-bond acceptors (Lipinski definition) is 5. The number of carbonyl (C=O) groups is 1. The molecule has 4 rings (SSSR count). The Morgan fingerprint density at radius 3 is 2.93 bits per heavy atom. The number of ether oxygens (including phenoxy) is 1. The van der Waals surface area contributed by atoms with Gasteiger partial charge in [0.2, 0.25) is 11.7 Å². The van der Waals surface area contributed by atoms with E-state index in [1.165, 1.54) is 12.1 Å². The van der Waals surface area contributed by atoms with E-state index in [-0.39, 0.29) is 17.9 Å². The number of likely N-dealkylation sites (tertiary alicyclic amines) is 1. The maximum atomic E-state index is 13.0. The first-order valence-corrected chi connectivity index (χ1v) is 9.41. The molecule has 1 saturated heterocycles. The van der Waals surface area contributed by atoms with Gasteiger partial charge >= 0.3 is 6.03 Å². The molecule has 150 valence electrons. The highest BCUT2D eigenvalue weighted by atomic mass is 19.1. The molecule has 8 heteroatoms. The summed E-state index contributed by atoms with van der Waals surface area (Å²) in [7, 11) is 1.60. The lowest BCUT2D eigenvalue weighted by Crippen LogP contribution is -2.39. The van der Waals surface area contributed by atoms with Crippen molar-refractivity contribution in [2.45, 2.75) is 25.4 Å². The molecule has 0 saturated carbocycles. The molecule has 0 spiro atoms. The third-order valence-corrected chi connectivity index (χ3v) is 4.93. The molecule has 1 N–H and O–H groups in total. The van der Waals surface area contributed by atoms with E-state index in [4.69, 9.17) is 9.26 Å². The number of aromatic nitrogens is 2. The van der Waals surface area contributed by atoms with Crippen LogP contribution >= 0.6 is 0 Å². The fourth-order valence-electron chi connectivity index (χ4n) is 3.40. The molecule has 7 nitrogen and oxygen atoms in total. The molecular weight excluding hydrogens is 375 g/mol. The zero-order valence-electron chi connectivity index (χ0n) is 16.0. The van der Waals surface area contributed by atoms with Crippen molar-refractivity contribution in [1.29, 1.82) is 0 Å². The standard InChI is InChI=1S/C21H21FN4O3/c1-28-17-5-2-4-15(12-17)19-24-20(29-25-19)18-6-3-11-26(18)21(27)23-13-14-7-9-16(22)10-8-14/h2,4-5,7-10,12,18H,3,6,11,13H2,1H3,(H,23,27). The maximum Gasteiger partial charge on any atom is 0.318 e. The van der Waals surface area contributed by atoms with Crippen molar-refractivity contribution in [2.75, 3.05) is 13.7 Å². The third kappa shape index (κ3) is 4.21. The van der Waals surface area contributed by atoms with Crippen LogP contribution in [0, 0.1) is 5.82 Å². The predicted octanol–water partition coefficient (Wildman–Crippen LogP) is 3.93. The second-order valence-electron chi connectivity index (χ2n) is 6.82. The van der Waals surface area contributed by atoms with Gasteiger partial charge < -0.3 is 19.5 Å². The summed E-state index contributed by atoms with van der Waals surface area (Å²) >= 11 is 0. The average Bonchev–Trinajstić information content (AvgIpc) is 3.42. The molecule has 1 fully saturated rings. The van der Waals surface area contributed by atoms with Gasteiger partial charge in [-0.25, -0.2) is 9.18 Å². The van der Waals surface area contributed by atoms with Crippen LogP contribution in [0.1, 0.15) is 30.3 Å². The SMILES string of the molecule is COc1cccc(-c2noc(C3CCCN3C(=O)NCc3ccc(F)cc3)n2)c1. The van der Waals surface area contributed by atoms with Crippen molar-refractivity contribution < 1.29 is 18.4 Å². The minimum Gasteiger partial charge on any atom is -0.497 e. The number of rotatable bonds is 5. The average molecular weight is 396 g/mol. The van der Waals surface area contributed by atoms with E-state index in [2.05, 4.69) is 15.5 Å². The van der Waals surface area contributed by atoms with E-state index < -0.39 is 0 Å². The number of benzene rings is 2. The molecule has 2 aromatic carbocycles. The predicted molar refractivity (Wildman–Crippen MR) is 104 cm³/mol. The van der Waals surface area contributed by atoms with Gasteiger partial charge in [-0.2, -0.15) is 4.98 Å². The van der Waals surface area contributed by atoms with Crippen LogP contribution in [0.2, 0.25) is 0 Å². The van der Waals surface area contributed by atoms with Gasteiger partial charge in [-0.1, -0.05) is 29.4 Å². The number of amides is 2. The van der Waals surface area contributed by atoms with Crippen LogP contribution in [0.3, 0.4) is 0 Å². The molecule has 29 heavy (non-hydrogen) atoms. The van der Waals surface area contributed by atoms with Crippen molar-refractivity contribution in [1.82, 2.24) is 20.4 Å². The van der Waals surface area contributed by atoms with E-state index in [0.717, 1.165) is 24.0 Å². The summed E-state index contributed by atoms with van der Waals surface area (Å²) in [5.74, 6) is 1.27. The Bertz CT molecular complexity index is 990. The molecule has 0 bridgehead atoms. The Kier molecular flexibility index (Phi) is 5.41. The first-order valence-electron chi connectivity index (χ1n) is 9.41. The number of halogens is 1. The Morgan fingerprint density at radius 1 is 1.31 bits per heavy atom. The summed E-state index contributed by atoms with van der Waals surface area (Å²) in [5, 5.41) is 6.94. The van der Waals surface area contributed by atoms with E-state index >= 15 is 0 Å². The van der Waals surface area contributed by atoms with E-state index in [0.29, 0.717) is 30.6 Å². The van der Waals surface area contributed by atoms with Gasteiger partial charge in [0, 0.05) is 18.7 Å². The Balaban J connectivity index is 1.44. The first kappa shape index (κ1) is 18.9. The van der Waals surface area contributed by atoms with Gasteiger partial charge in [0.05, 0.1) is 7.11 Å². The summed E-state index contributed by atoms with van der Waals surface area (Å²) in [6, 6.07) is 13.0. The molecule has 2 heterocycles. The zero-order chi connectivity index (χ0) is 20.2. The number of hydrogen-bond donors (Lipinski definition) is 1. The van der Waals surface area contributed by atoms with Gasteiger partial charge in [0.25, 0.3) is 0 Å². The minimum absolute atomic E-state index is 0.210. The minimum atomic E-state index is -0.303. The number of urea groups is 1. The summed E-state index contributed by atoms with van der Waals surface area (Å²) in [5.41, 5.74) is 1.61. The molecule has 1 unspecified atom stereocenters. The molecular formula is C21H21FN4O3. The summed E-state index contributed by atoms with van der Waals surface area (Å²) < 4.78 is 23.7. The maximum absolute atomic E-state index is 13.0. The fourth-order valence-corrected chi connectivity index (χ4v) is 3.40. The molecule has 0 radical (unpaired) electrons. The highest BCUT2D eigenvalue weighted by Crippen LogP contribution is 2.32. The topological polar surface area (TPSA) is 80.5 Å². The molecule has 1 atom stereocenters. The van der Waals surface area contributed by atoms with Crippen LogP contribution in [0.4, 0.5) is 9.18 Å². The third-order valence-electron chi connectivity index (χ3n) is 4.93. The Morgan fingerprint density at radius 2 is 2.14 bits per heavy atom. The van der Waals surface area contributed by atoms with Crippen LogP contribution in [0.25, 0.3) is 11.4 Å². The first-order chi connectivity index (χ1) is 14.1. The smallest absolute Gasteiger partial charge is 0.318 e. The number of nitrogens with zero attached hydrogens (tertiary/aromatic N) is 3. The molecule has 1 aromatic heterocycles. The van der Waals surface area contributed by atoms with Crippen molar-refractivity contribution in [3.63, 3.8) is 0 Å². The van der Waals surface area contributed by atoms with Crippen LogP contribution < -0.4 is 10.1 Å². The largest absolute Gasteiger partial charge is 0.497 e. The van der Waals surface area contributed by atoms with Crippen molar-refractivity contribution in [3.05, 3.63) is 65.8 Å². The monoisotopic (exact) mass is 396 g/mol. The van der Waals surface area contributed by atoms with Gasteiger partial charge in [-0.15, -0.1) is 0 Å². The highest BCUT2D eigenvalue weighted by Gasteiger charge is 2.34. The second-order valence-corrected chi connectivity index (χ2v) is 6.82. The van der Waals surface area contributed by atoms with E-state index in [1.807, 2.05) is 24.3 Å². The van der Waals surface area contributed by atoms with Crippen molar-refractivity contribution in [3.8, 4) is 17.1 Å². The molecule has 1 aliphatic heterocycles. The number of methoxy groups -OCH3 is 1. The number of carbonyl (C=O) groups excluding carboxylic acids is 1. The van der Waals surface area contributed by atoms with E-state index in [9.17, 15) is 9.18 Å². The Hall–Kier alpha value is -3.42. The molecule has 0 aliphatic carbocycles. The Labute approximate surface area is 167 Å². The molecule has 3 aromatic rings. The lowest BCUT2D eigenvalue weighted by molar-refractivity contribution is 0.180. The summed E-state index contributed by atoms with van der Waals surface area (Å²) in [6.45, 7) is 0.929. The van der Waals surface area contributed by atoms with Gasteiger partial charge in [0.15, 0.2) is 0 Å². The van der Waals surface area contributed by atoms with Crippen molar-refractivity contribution >= 4 is 6.03 Å².